The quantitative estimate of drug-likeness (QED) is 0.633. The van der Waals surface area contributed by atoms with Crippen LogP contribution in [0.2, 0.25) is 0 Å². The maximum atomic E-state index is 8.94. The van der Waals surface area contributed by atoms with Crippen molar-refractivity contribution in [3.05, 3.63) is 0 Å². The van der Waals surface area contributed by atoms with E-state index in [9.17, 15) is 0 Å². The third-order valence-electron chi connectivity index (χ3n) is 2.04. The Morgan fingerprint density at radius 3 is 2.00 bits per heavy atom. The summed E-state index contributed by atoms with van der Waals surface area (Å²) in [4.78, 5) is 0. The van der Waals surface area contributed by atoms with Crippen molar-refractivity contribution in [2.24, 2.45) is 11.8 Å². The van der Waals surface area contributed by atoms with Crippen molar-refractivity contribution in [3.8, 4) is 0 Å². The summed E-state index contributed by atoms with van der Waals surface area (Å²) in [7, 11) is 0. The van der Waals surface area contributed by atoms with Crippen molar-refractivity contribution in [1.82, 2.24) is 5.32 Å². The first-order chi connectivity index (χ1) is 5.04. The fraction of sp³-hybridized carbons (Fsp3) is 1.00. The van der Waals surface area contributed by atoms with Crippen LogP contribution in [0.15, 0.2) is 0 Å². The van der Waals surface area contributed by atoms with E-state index in [0.717, 1.165) is 12.5 Å². The summed E-state index contributed by atoms with van der Waals surface area (Å²) in [5, 5.41) is 12.2. The largest absolute Gasteiger partial charge is 0.392 e. The van der Waals surface area contributed by atoms with Gasteiger partial charge in [0.1, 0.15) is 0 Å². The van der Waals surface area contributed by atoms with Gasteiger partial charge in [0.05, 0.1) is 6.10 Å². The van der Waals surface area contributed by atoms with Crippen LogP contribution in [0.4, 0.5) is 0 Å². The lowest BCUT2D eigenvalue weighted by Crippen LogP contribution is -2.30. The number of nitrogens with one attached hydrogen (secondary N) is 1. The highest BCUT2D eigenvalue weighted by molar-refractivity contribution is 4.61. The lowest BCUT2D eigenvalue weighted by atomic mass is 9.98. The number of hydrogen-bond acceptors (Lipinski definition) is 2. The molecule has 68 valence electrons. The molecule has 0 bridgehead atoms. The SMILES string of the molecule is CC(O)CNCC(C)C(C)C. The van der Waals surface area contributed by atoms with Gasteiger partial charge in [0.15, 0.2) is 0 Å². The van der Waals surface area contributed by atoms with Crippen LogP contribution in [-0.4, -0.2) is 24.3 Å². The molecule has 2 heteroatoms. The number of aliphatic hydroxyl groups excluding tert-OH is 1. The van der Waals surface area contributed by atoms with E-state index in [0.29, 0.717) is 12.5 Å². The molecule has 0 saturated carbocycles. The van der Waals surface area contributed by atoms with E-state index >= 15 is 0 Å². The molecule has 2 atom stereocenters. The molecule has 0 aromatic heterocycles. The molecule has 0 aliphatic heterocycles. The van der Waals surface area contributed by atoms with E-state index in [4.69, 9.17) is 5.11 Å². The Bertz CT molecular complexity index is 91.6. The van der Waals surface area contributed by atoms with Crippen LogP contribution in [-0.2, 0) is 0 Å². The minimum absolute atomic E-state index is 0.227. The monoisotopic (exact) mass is 159 g/mol. The molecule has 0 aliphatic rings. The van der Waals surface area contributed by atoms with Gasteiger partial charge in [0.25, 0.3) is 0 Å². The van der Waals surface area contributed by atoms with Crippen LogP contribution in [0.25, 0.3) is 0 Å². The summed E-state index contributed by atoms with van der Waals surface area (Å²) in [6.07, 6.45) is -0.227. The molecule has 2 unspecified atom stereocenters. The molecular formula is C9H21NO. The van der Waals surface area contributed by atoms with Crippen molar-refractivity contribution in [2.45, 2.75) is 33.8 Å². The van der Waals surface area contributed by atoms with Crippen molar-refractivity contribution in [1.29, 1.82) is 0 Å². The molecule has 0 rings (SSSR count). The van der Waals surface area contributed by atoms with Gasteiger partial charge >= 0.3 is 0 Å². The average Bonchev–Trinajstić information content (AvgIpc) is 1.86. The Labute approximate surface area is 70.0 Å². The Hall–Kier alpha value is -0.0800. The van der Waals surface area contributed by atoms with Crippen LogP contribution in [0.3, 0.4) is 0 Å². The van der Waals surface area contributed by atoms with Gasteiger partial charge in [-0.15, -0.1) is 0 Å². The van der Waals surface area contributed by atoms with Gasteiger partial charge in [0.2, 0.25) is 0 Å². The molecule has 0 saturated heterocycles. The van der Waals surface area contributed by atoms with E-state index in [2.05, 4.69) is 26.1 Å². The maximum absolute atomic E-state index is 8.94. The summed E-state index contributed by atoms with van der Waals surface area (Å²) >= 11 is 0. The second kappa shape index (κ2) is 5.56. The number of aliphatic hydroxyl groups is 1. The first-order valence-electron chi connectivity index (χ1n) is 4.42. The second-order valence-corrected chi connectivity index (χ2v) is 3.73. The highest BCUT2D eigenvalue weighted by Gasteiger charge is 2.05. The summed E-state index contributed by atoms with van der Waals surface area (Å²) in [5.41, 5.74) is 0. The molecule has 0 spiro atoms. The highest BCUT2D eigenvalue weighted by atomic mass is 16.3. The molecular weight excluding hydrogens is 138 g/mol. The van der Waals surface area contributed by atoms with E-state index in [1.54, 1.807) is 6.92 Å². The van der Waals surface area contributed by atoms with Gasteiger partial charge in [-0.3, -0.25) is 0 Å². The Morgan fingerprint density at radius 2 is 1.64 bits per heavy atom. The van der Waals surface area contributed by atoms with Crippen molar-refractivity contribution in [3.63, 3.8) is 0 Å². The molecule has 0 radical (unpaired) electrons. The lowest BCUT2D eigenvalue weighted by molar-refractivity contribution is 0.187. The Morgan fingerprint density at radius 1 is 1.09 bits per heavy atom. The summed E-state index contributed by atoms with van der Waals surface area (Å²) in [6, 6.07) is 0. The first kappa shape index (κ1) is 10.9. The van der Waals surface area contributed by atoms with Crippen LogP contribution >= 0.6 is 0 Å². The molecule has 2 nitrogen and oxygen atoms in total. The fourth-order valence-electron chi connectivity index (χ4n) is 0.756. The normalized spacial score (nSPS) is 16.9. The third-order valence-corrected chi connectivity index (χ3v) is 2.04. The topological polar surface area (TPSA) is 32.3 Å². The molecule has 0 aromatic carbocycles. The minimum atomic E-state index is -0.227. The average molecular weight is 159 g/mol. The molecule has 11 heavy (non-hydrogen) atoms. The number of rotatable bonds is 5. The van der Waals surface area contributed by atoms with Gasteiger partial charge in [-0.2, -0.15) is 0 Å². The molecule has 2 N–H and O–H groups in total. The van der Waals surface area contributed by atoms with E-state index < -0.39 is 0 Å². The van der Waals surface area contributed by atoms with Gasteiger partial charge in [0, 0.05) is 6.54 Å². The van der Waals surface area contributed by atoms with Gasteiger partial charge in [-0.05, 0) is 25.3 Å². The zero-order chi connectivity index (χ0) is 8.85. The van der Waals surface area contributed by atoms with E-state index in [1.165, 1.54) is 0 Å². The van der Waals surface area contributed by atoms with E-state index in [1.807, 2.05) is 0 Å². The lowest BCUT2D eigenvalue weighted by Gasteiger charge is -2.16. The maximum Gasteiger partial charge on any atom is 0.0636 e. The van der Waals surface area contributed by atoms with E-state index in [-0.39, 0.29) is 6.10 Å². The smallest absolute Gasteiger partial charge is 0.0636 e. The molecule has 0 amide bonds. The van der Waals surface area contributed by atoms with Crippen molar-refractivity contribution in [2.75, 3.05) is 13.1 Å². The Balaban J connectivity index is 3.24. The van der Waals surface area contributed by atoms with Gasteiger partial charge < -0.3 is 10.4 Å². The van der Waals surface area contributed by atoms with Gasteiger partial charge in [-0.1, -0.05) is 20.8 Å². The molecule has 0 heterocycles. The third kappa shape index (κ3) is 6.32. The molecule has 0 fully saturated rings. The number of hydrogen-bond donors (Lipinski definition) is 2. The zero-order valence-electron chi connectivity index (χ0n) is 8.09. The first-order valence-corrected chi connectivity index (χ1v) is 4.42. The fourth-order valence-corrected chi connectivity index (χ4v) is 0.756. The van der Waals surface area contributed by atoms with Crippen LogP contribution in [0, 0.1) is 11.8 Å². The highest BCUT2D eigenvalue weighted by Crippen LogP contribution is 2.07. The second-order valence-electron chi connectivity index (χ2n) is 3.73. The van der Waals surface area contributed by atoms with Crippen LogP contribution in [0.1, 0.15) is 27.7 Å². The van der Waals surface area contributed by atoms with Crippen molar-refractivity contribution < 1.29 is 5.11 Å². The molecule has 0 aliphatic carbocycles. The minimum Gasteiger partial charge on any atom is -0.392 e. The summed E-state index contributed by atoms with van der Waals surface area (Å²) in [5.74, 6) is 1.41. The zero-order valence-corrected chi connectivity index (χ0v) is 8.09. The van der Waals surface area contributed by atoms with Crippen LogP contribution < -0.4 is 5.32 Å². The standard InChI is InChI=1S/C9H21NO/c1-7(2)8(3)5-10-6-9(4)11/h7-11H,5-6H2,1-4H3. The molecule has 0 aromatic rings. The predicted molar refractivity (Wildman–Crippen MR) is 48.6 cm³/mol. The van der Waals surface area contributed by atoms with Gasteiger partial charge in [-0.25, -0.2) is 0 Å². The summed E-state index contributed by atoms with van der Waals surface area (Å²) in [6.45, 7) is 10.2. The Kier molecular flexibility index (Phi) is 5.51. The predicted octanol–water partition coefficient (Wildman–Crippen LogP) is 1.25. The van der Waals surface area contributed by atoms with Crippen molar-refractivity contribution >= 4 is 0 Å². The summed E-state index contributed by atoms with van der Waals surface area (Å²) < 4.78 is 0. The van der Waals surface area contributed by atoms with Crippen LogP contribution in [0.5, 0.6) is 0 Å².